The Morgan fingerprint density at radius 1 is 0.783 bits per heavy atom. The van der Waals surface area contributed by atoms with Gasteiger partial charge in [-0.3, -0.25) is 10.1 Å². The Bertz CT molecular complexity index is 759. The third-order valence-electron chi connectivity index (χ3n) is 4.24. The number of hydrogen-bond acceptors (Lipinski definition) is 2. The van der Waals surface area contributed by atoms with Gasteiger partial charge in [0.15, 0.2) is 0 Å². The zero-order valence-electron chi connectivity index (χ0n) is 14.2. The normalized spacial score (nSPS) is 10.3. The summed E-state index contributed by atoms with van der Waals surface area (Å²) in [4.78, 5) is 24.4. The molecule has 0 spiro atoms. The van der Waals surface area contributed by atoms with Gasteiger partial charge in [-0.05, 0) is 68.5 Å². The fourth-order valence-electron chi connectivity index (χ4n) is 2.58. The molecular weight excluding hydrogens is 288 g/mol. The minimum absolute atomic E-state index is 0.389. The summed E-state index contributed by atoms with van der Waals surface area (Å²) in [5, 5.41) is 5.15. The highest BCUT2D eigenvalue weighted by atomic mass is 16.2. The van der Waals surface area contributed by atoms with Gasteiger partial charge in [-0.1, -0.05) is 24.3 Å². The molecule has 0 aromatic heterocycles. The van der Waals surface area contributed by atoms with Crippen molar-refractivity contribution >= 4 is 17.6 Å². The number of amides is 3. The number of urea groups is 1. The number of carbonyl (C=O) groups excluding carboxylic acids is 2. The van der Waals surface area contributed by atoms with Gasteiger partial charge in [0.05, 0.1) is 0 Å². The van der Waals surface area contributed by atoms with Crippen LogP contribution in [0.2, 0.25) is 0 Å². The van der Waals surface area contributed by atoms with Crippen LogP contribution < -0.4 is 10.6 Å². The average Bonchev–Trinajstić information content (AvgIpc) is 2.47. The monoisotopic (exact) mass is 310 g/mol. The van der Waals surface area contributed by atoms with Gasteiger partial charge in [0, 0.05) is 11.3 Å². The van der Waals surface area contributed by atoms with Gasteiger partial charge in [-0.25, -0.2) is 4.79 Å². The molecule has 23 heavy (non-hydrogen) atoms. The van der Waals surface area contributed by atoms with Crippen LogP contribution in [0.5, 0.6) is 0 Å². The lowest BCUT2D eigenvalue weighted by molar-refractivity contribution is 0.0966. The van der Waals surface area contributed by atoms with Crippen LogP contribution in [0.15, 0.2) is 30.3 Å². The van der Waals surface area contributed by atoms with Crippen LogP contribution >= 0.6 is 0 Å². The zero-order valence-corrected chi connectivity index (χ0v) is 14.2. The number of imide groups is 1. The fourth-order valence-corrected chi connectivity index (χ4v) is 2.58. The van der Waals surface area contributed by atoms with Gasteiger partial charge >= 0.3 is 6.03 Å². The molecule has 0 bridgehead atoms. The predicted octanol–water partition coefficient (Wildman–Crippen LogP) is 4.19. The average molecular weight is 310 g/mol. The molecule has 2 aromatic carbocycles. The Labute approximate surface area is 136 Å². The number of aryl methyl sites for hydroxylation is 3. The van der Waals surface area contributed by atoms with Crippen molar-refractivity contribution in [1.29, 1.82) is 0 Å². The summed E-state index contributed by atoms with van der Waals surface area (Å²) in [6.45, 7) is 9.69. The summed E-state index contributed by atoms with van der Waals surface area (Å²) >= 11 is 0. The highest BCUT2D eigenvalue weighted by Crippen LogP contribution is 2.21. The van der Waals surface area contributed by atoms with Gasteiger partial charge in [-0.15, -0.1) is 0 Å². The number of hydrogen-bond donors (Lipinski definition) is 2. The van der Waals surface area contributed by atoms with Gasteiger partial charge in [-0.2, -0.15) is 0 Å². The lowest BCUT2D eigenvalue weighted by Crippen LogP contribution is -2.35. The first-order chi connectivity index (χ1) is 10.8. The first-order valence-corrected chi connectivity index (χ1v) is 7.56. The molecule has 0 atom stereocenters. The van der Waals surface area contributed by atoms with Crippen molar-refractivity contribution in [3.63, 3.8) is 0 Å². The van der Waals surface area contributed by atoms with Gasteiger partial charge in [0.2, 0.25) is 0 Å². The second kappa shape index (κ2) is 6.65. The van der Waals surface area contributed by atoms with E-state index in [1.165, 1.54) is 5.56 Å². The molecule has 3 amide bonds. The van der Waals surface area contributed by atoms with Gasteiger partial charge in [0.25, 0.3) is 5.91 Å². The fraction of sp³-hybridized carbons (Fsp3) is 0.263. The molecule has 4 nitrogen and oxygen atoms in total. The molecule has 0 heterocycles. The van der Waals surface area contributed by atoms with Crippen LogP contribution in [0, 0.1) is 34.6 Å². The summed E-state index contributed by atoms with van der Waals surface area (Å²) in [6, 6.07) is 8.87. The van der Waals surface area contributed by atoms with Crippen molar-refractivity contribution in [2.45, 2.75) is 34.6 Å². The van der Waals surface area contributed by atoms with Crippen molar-refractivity contribution in [1.82, 2.24) is 5.32 Å². The highest BCUT2D eigenvalue weighted by Gasteiger charge is 2.15. The molecule has 0 fully saturated rings. The van der Waals surface area contributed by atoms with Crippen molar-refractivity contribution in [2.75, 3.05) is 5.32 Å². The molecule has 120 valence electrons. The molecule has 0 aliphatic heterocycles. The van der Waals surface area contributed by atoms with E-state index in [-0.39, 0.29) is 5.91 Å². The maximum absolute atomic E-state index is 12.3. The molecule has 0 unspecified atom stereocenters. The SMILES string of the molecule is Cc1ccc(NC(=O)NC(=O)c2c(C)cccc2C)c(C)c1C. The smallest absolute Gasteiger partial charge is 0.307 e. The minimum Gasteiger partial charge on any atom is -0.307 e. The molecule has 2 N–H and O–H groups in total. The Morgan fingerprint density at radius 2 is 1.39 bits per heavy atom. The van der Waals surface area contributed by atoms with E-state index < -0.39 is 6.03 Å². The van der Waals surface area contributed by atoms with E-state index in [4.69, 9.17) is 0 Å². The van der Waals surface area contributed by atoms with E-state index >= 15 is 0 Å². The summed E-state index contributed by atoms with van der Waals surface area (Å²) in [5.41, 5.74) is 6.23. The Hall–Kier alpha value is -2.62. The molecular formula is C19H22N2O2. The molecule has 0 saturated carbocycles. The molecule has 0 radical (unpaired) electrons. The number of anilines is 1. The van der Waals surface area contributed by atoms with E-state index in [9.17, 15) is 9.59 Å². The molecule has 0 aliphatic rings. The van der Waals surface area contributed by atoms with Crippen LogP contribution in [0.3, 0.4) is 0 Å². The van der Waals surface area contributed by atoms with Crippen LogP contribution in [-0.2, 0) is 0 Å². The number of nitrogens with one attached hydrogen (secondary N) is 2. The molecule has 2 aromatic rings. The van der Waals surface area contributed by atoms with Crippen LogP contribution in [0.1, 0.15) is 38.2 Å². The zero-order chi connectivity index (χ0) is 17.1. The summed E-state index contributed by atoms with van der Waals surface area (Å²) in [6.07, 6.45) is 0. The van der Waals surface area contributed by atoms with E-state index in [2.05, 4.69) is 10.6 Å². The van der Waals surface area contributed by atoms with Crippen LogP contribution in [0.25, 0.3) is 0 Å². The molecule has 0 aliphatic carbocycles. The largest absolute Gasteiger partial charge is 0.326 e. The van der Waals surface area contributed by atoms with Gasteiger partial charge in [0.1, 0.15) is 0 Å². The van der Waals surface area contributed by atoms with Crippen molar-refractivity contribution in [3.8, 4) is 0 Å². The highest BCUT2D eigenvalue weighted by molar-refractivity contribution is 6.09. The summed E-state index contributed by atoms with van der Waals surface area (Å²) in [5.74, 6) is -0.389. The van der Waals surface area contributed by atoms with Gasteiger partial charge < -0.3 is 5.32 Å². The number of benzene rings is 2. The van der Waals surface area contributed by atoms with Crippen LogP contribution in [0.4, 0.5) is 10.5 Å². The second-order valence-corrected chi connectivity index (χ2v) is 5.86. The molecule has 0 saturated heterocycles. The van der Waals surface area contributed by atoms with Crippen molar-refractivity contribution in [3.05, 3.63) is 63.7 Å². The Morgan fingerprint density at radius 3 is 2.00 bits per heavy atom. The topological polar surface area (TPSA) is 58.2 Å². The first-order valence-electron chi connectivity index (χ1n) is 7.56. The standard InChI is InChI=1S/C19H22N2O2/c1-11-9-10-16(15(5)14(11)4)20-19(23)21-18(22)17-12(2)7-6-8-13(17)3/h6-10H,1-5H3,(H2,20,21,22,23). The minimum atomic E-state index is -0.524. The van der Waals surface area contributed by atoms with E-state index in [0.29, 0.717) is 11.3 Å². The van der Waals surface area contributed by atoms with Crippen molar-refractivity contribution in [2.24, 2.45) is 0 Å². The van der Waals surface area contributed by atoms with Crippen LogP contribution in [-0.4, -0.2) is 11.9 Å². The molecule has 4 heteroatoms. The third kappa shape index (κ3) is 3.59. The molecule has 2 rings (SSSR count). The summed E-state index contributed by atoms with van der Waals surface area (Å²) < 4.78 is 0. The number of carbonyl (C=O) groups is 2. The summed E-state index contributed by atoms with van der Waals surface area (Å²) in [7, 11) is 0. The second-order valence-electron chi connectivity index (χ2n) is 5.86. The lowest BCUT2D eigenvalue weighted by Gasteiger charge is -2.14. The Balaban J connectivity index is 2.14. The lowest BCUT2D eigenvalue weighted by atomic mass is 10.0. The van der Waals surface area contributed by atoms with E-state index in [1.54, 1.807) is 0 Å². The van der Waals surface area contributed by atoms with E-state index in [1.807, 2.05) is 65.0 Å². The number of rotatable bonds is 2. The van der Waals surface area contributed by atoms with Crippen molar-refractivity contribution < 1.29 is 9.59 Å². The van der Waals surface area contributed by atoms with E-state index in [0.717, 1.165) is 22.3 Å². The maximum atomic E-state index is 12.3. The third-order valence-corrected chi connectivity index (χ3v) is 4.24. The predicted molar refractivity (Wildman–Crippen MR) is 93.1 cm³/mol. The Kier molecular flexibility index (Phi) is 4.84. The maximum Gasteiger partial charge on any atom is 0.326 e. The first kappa shape index (κ1) is 16.7. The quantitative estimate of drug-likeness (QED) is 0.873.